The van der Waals surface area contributed by atoms with Crippen LogP contribution in [0.5, 0.6) is 0 Å². The molecule has 0 unspecified atom stereocenters. The van der Waals surface area contributed by atoms with Crippen molar-refractivity contribution in [1.29, 1.82) is 0 Å². The van der Waals surface area contributed by atoms with E-state index in [1.807, 2.05) is 0 Å². The van der Waals surface area contributed by atoms with Crippen LogP contribution in [0, 0.1) is 0 Å². The molecule has 0 fully saturated rings. The molecule has 1 spiro atoms. The molecule has 9 heteroatoms. The third-order valence-electron chi connectivity index (χ3n) is 5.20. The summed E-state index contributed by atoms with van der Waals surface area (Å²) < 4.78 is 15.3. The first-order valence-electron chi connectivity index (χ1n) is 8.41. The lowest BCUT2D eigenvalue weighted by molar-refractivity contribution is -0.140. The summed E-state index contributed by atoms with van der Waals surface area (Å²) in [5.41, 5.74) is 5.69. The van der Waals surface area contributed by atoms with Crippen molar-refractivity contribution in [1.82, 2.24) is 9.88 Å². The summed E-state index contributed by atoms with van der Waals surface area (Å²) in [6.07, 6.45) is -0.282. The number of fused-ring (bicyclic) bond motifs is 5. The van der Waals surface area contributed by atoms with E-state index < -0.39 is 23.3 Å². The summed E-state index contributed by atoms with van der Waals surface area (Å²) in [6.45, 7) is 0. The number of likely N-dealkylation sites (N-methyl/N-ethyl adjacent to an activating group) is 1. The van der Waals surface area contributed by atoms with Gasteiger partial charge in [-0.15, -0.1) is 0 Å². The number of nitrogens with zero attached hydrogens (tertiary/aromatic N) is 2. The first-order chi connectivity index (χ1) is 13.4. The number of nitrogens with two attached hydrogens (primary N) is 1. The second-order valence-corrected chi connectivity index (χ2v) is 6.46. The number of amides is 1. The molecular weight excluding hydrogens is 366 g/mol. The summed E-state index contributed by atoms with van der Waals surface area (Å²) in [5.74, 6) is -1.48. The number of rotatable bonds is 3. The zero-order valence-corrected chi connectivity index (χ0v) is 15.4. The minimum Gasteiger partial charge on any atom is -0.469 e. The Hall–Kier alpha value is -3.62. The minimum atomic E-state index is -1.60. The van der Waals surface area contributed by atoms with E-state index in [9.17, 15) is 14.4 Å². The maximum atomic E-state index is 13.6. The van der Waals surface area contributed by atoms with Crippen LogP contribution in [0.1, 0.15) is 17.7 Å². The number of hydrogen-bond donors (Lipinski definition) is 1. The fraction of sp³-hybridized carbons (Fsp3) is 0.263. The molecule has 4 rings (SSSR count). The van der Waals surface area contributed by atoms with Crippen LogP contribution in [-0.4, -0.2) is 49.0 Å². The Balaban J connectivity index is 2.10. The van der Waals surface area contributed by atoms with E-state index in [4.69, 9.17) is 19.6 Å². The Kier molecular flexibility index (Phi) is 3.77. The molecule has 0 saturated heterocycles. The van der Waals surface area contributed by atoms with E-state index in [1.165, 1.54) is 26.2 Å². The zero-order chi connectivity index (χ0) is 20.2. The van der Waals surface area contributed by atoms with Gasteiger partial charge in [0.15, 0.2) is 11.2 Å². The van der Waals surface area contributed by atoms with Gasteiger partial charge in [0.1, 0.15) is 5.69 Å². The number of anilines is 1. The topological polar surface area (TPSA) is 125 Å². The van der Waals surface area contributed by atoms with E-state index in [0.29, 0.717) is 16.9 Å². The standard InChI is InChI=1S/C19H17N3O6/c1-22-11(8-12(23)26-2)13(16(24)27-3)19(17(22)25)10-7-5-4-6-9(10)14-15(19)21-18(20)28-14/h4-7H,8H2,1-3H3,(H2,20,21)/t19-/m1/s1. The van der Waals surface area contributed by atoms with Gasteiger partial charge in [-0.25, -0.2) is 4.79 Å². The Labute approximate surface area is 159 Å². The molecule has 1 aromatic heterocycles. The van der Waals surface area contributed by atoms with Crippen molar-refractivity contribution in [3.8, 4) is 11.3 Å². The van der Waals surface area contributed by atoms with E-state index in [2.05, 4.69) is 4.98 Å². The van der Waals surface area contributed by atoms with Crippen LogP contribution >= 0.6 is 0 Å². The molecule has 2 heterocycles. The van der Waals surface area contributed by atoms with Crippen molar-refractivity contribution in [3.63, 3.8) is 0 Å². The van der Waals surface area contributed by atoms with E-state index in [-0.39, 0.29) is 29.4 Å². The highest BCUT2D eigenvalue weighted by Gasteiger charge is 2.63. The highest BCUT2D eigenvalue weighted by Crippen LogP contribution is 2.57. The summed E-state index contributed by atoms with van der Waals surface area (Å²) in [5, 5.41) is 0. The number of benzene rings is 1. The average molecular weight is 383 g/mol. The molecular formula is C19H17N3O6. The lowest BCUT2D eigenvalue weighted by Gasteiger charge is -2.25. The van der Waals surface area contributed by atoms with Crippen molar-refractivity contribution in [2.45, 2.75) is 11.8 Å². The number of oxazole rings is 1. The van der Waals surface area contributed by atoms with Crippen molar-refractivity contribution >= 4 is 23.9 Å². The van der Waals surface area contributed by atoms with Crippen LogP contribution in [0.3, 0.4) is 0 Å². The third-order valence-corrected chi connectivity index (χ3v) is 5.20. The van der Waals surface area contributed by atoms with Crippen LogP contribution in [-0.2, 0) is 29.3 Å². The lowest BCUT2D eigenvalue weighted by Crippen LogP contribution is -2.41. The van der Waals surface area contributed by atoms with Gasteiger partial charge in [0.05, 0.1) is 26.2 Å². The van der Waals surface area contributed by atoms with Crippen LogP contribution in [0.2, 0.25) is 0 Å². The van der Waals surface area contributed by atoms with Crippen LogP contribution < -0.4 is 5.73 Å². The Morgan fingerprint density at radius 1 is 1.25 bits per heavy atom. The highest BCUT2D eigenvalue weighted by molar-refractivity contribution is 6.14. The van der Waals surface area contributed by atoms with Gasteiger partial charge in [-0.3, -0.25) is 9.59 Å². The van der Waals surface area contributed by atoms with Crippen LogP contribution in [0.4, 0.5) is 6.01 Å². The predicted octanol–water partition coefficient (Wildman–Crippen LogP) is 0.985. The molecule has 2 aliphatic rings. The summed E-state index contributed by atoms with van der Waals surface area (Å²) in [6, 6.07) is 6.88. The fourth-order valence-corrected chi connectivity index (χ4v) is 4.03. The van der Waals surface area contributed by atoms with E-state index >= 15 is 0 Å². The van der Waals surface area contributed by atoms with Gasteiger partial charge in [0.25, 0.3) is 6.01 Å². The monoisotopic (exact) mass is 383 g/mol. The maximum Gasteiger partial charge on any atom is 0.337 e. The number of esters is 2. The molecule has 1 aliphatic carbocycles. The SMILES string of the molecule is COC(=O)CC1=C(C(=O)OC)[C@]2(C(=O)N1C)c1ccccc1-c1oc(N)nc12. The molecule has 0 radical (unpaired) electrons. The quantitative estimate of drug-likeness (QED) is 0.778. The second kappa shape index (κ2) is 5.95. The molecule has 144 valence electrons. The van der Waals surface area contributed by atoms with Gasteiger partial charge in [-0.1, -0.05) is 24.3 Å². The van der Waals surface area contributed by atoms with Gasteiger partial charge in [-0.2, -0.15) is 4.98 Å². The smallest absolute Gasteiger partial charge is 0.337 e. The number of aromatic nitrogens is 1. The van der Waals surface area contributed by atoms with Crippen molar-refractivity contribution in [2.75, 3.05) is 27.0 Å². The molecule has 1 aromatic carbocycles. The number of carbonyl (C=O) groups is 3. The molecule has 1 aliphatic heterocycles. The first kappa shape index (κ1) is 17.8. The van der Waals surface area contributed by atoms with Gasteiger partial charge < -0.3 is 24.5 Å². The molecule has 0 bridgehead atoms. The van der Waals surface area contributed by atoms with Crippen molar-refractivity contribution < 1.29 is 28.3 Å². The minimum absolute atomic E-state index is 0.00685. The van der Waals surface area contributed by atoms with Gasteiger partial charge in [0, 0.05) is 18.3 Å². The maximum absolute atomic E-state index is 13.6. The third kappa shape index (κ3) is 2.01. The van der Waals surface area contributed by atoms with Gasteiger partial charge >= 0.3 is 11.9 Å². The zero-order valence-electron chi connectivity index (χ0n) is 15.4. The first-order valence-corrected chi connectivity index (χ1v) is 8.41. The van der Waals surface area contributed by atoms with Crippen molar-refractivity contribution in [2.24, 2.45) is 0 Å². The molecule has 1 amide bonds. The molecule has 0 saturated carbocycles. The van der Waals surface area contributed by atoms with Gasteiger partial charge in [0.2, 0.25) is 5.91 Å². The Bertz CT molecular complexity index is 1070. The normalized spacial score (nSPS) is 19.8. The summed E-state index contributed by atoms with van der Waals surface area (Å²) in [4.78, 5) is 43.9. The number of hydrogen-bond acceptors (Lipinski definition) is 8. The van der Waals surface area contributed by atoms with Crippen LogP contribution in [0.15, 0.2) is 40.0 Å². The Morgan fingerprint density at radius 3 is 2.64 bits per heavy atom. The van der Waals surface area contributed by atoms with Gasteiger partial charge in [-0.05, 0) is 5.56 Å². The number of methoxy groups -OCH3 is 2. The molecule has 2 N–H and O–H groups in total. The van der Waals surface area contributed by atoms with E-state index in [1.54, 1.807) is 24.3 Å². The predicted molar refractivity (Wildman–Crippen MR) is 95.6 cm³/mol. The van der Waals surface area contributed by atoms with Crippen LogP contribution in [0.25, 0.3) is 11.3 Å². The Morgan fingerprint density at radius 2 is 1.96 bits per heavy atom. The van der Waals surface area contributed by atoms with Crippen molar-refractivity contribution in [3.05, 3.63) is 46.8 Å². The molecule has 9 nitrogen and oxygen atoms in total. The lowest BCUT2D eigenvalue weighted by atomic mass is 9.74. The largest absolute Gasteiger partial charge is 0.469 e. The average Bonchev–Trinajstić information content (AvgIpc) is 3.27. The highest BCUT2D eigenvalue weighted by atomic mass is 16.5. The summed E-state index contributed by atoms with van der Waals surface area (Å²) >= 11 is 0. The number of carbonyl (C=O) groups excluding carboxylic acids is 3. The summed E-state index contributed by atoms with van der Waals surface area (Å²) in [7, 11) is 3.93. The molecule has 1 atom stereocenters. The van der Waals surface area contributed by atoms with E-state index in [0.717, 1.165) is 0 Å². The molecule has 28 heavy (non-hydrogen) atoms. The number of ether oxygens (including phenoxy) is 2. The molecule has 2 aromatic rings. The second-order valence-electron chi connectivity index (χ2n) is 6.46. The fourth-order valence-electron chi connectivity index (χ4n) is 4.03. The number of nitrogen functional groups attached to an aromatic ring is 1.